The van der Waals surface area contributed by atoms with Crippen LogP contribution in [0.2, 0.25) is 0 Å². The number of hydrogen-bond acceptors (Lipinski definition) is 14. The van der Waals surface area contributed by atoms with Gasteiger partial charge < -0.3 is 25.0 Å². The number of aryl methyl sites for hydroxylation is 1. The number of anilines is 2. The number of nitrogen functional groups attached to an aromatic ring is 1. The van der Waals surface area contributed by atoms with E-state index in [0.717, 1.165) is 75.8 Å². The predicted octanol–water partition coefficient (Wildman–Crippen LogP) is 5.81. The topological polar surface area (TPSA) is 233 Å². The third kappa shape index (κ3) is 8.40. The lowest BCUT2D eigenvalue weighted by atomic mass is 9.87. The fourth-order valence-electron chi connectivity index (χ4n) is 11.2. The first-order valence-corrected chi connectivity index (χ1v) is 24.8. The zero-order valence-corrected chi connectivity index (χ0v) is 39.8. The number of carbonyl (C=O) groups excluding carboxylic acids is 4. The average Bonchev–Trinajstić information content (AvgIpc) is 3.85. The maximum atomic E-state index is 16.2. The van der Waals surface area contributed by atoms with Crippen molar-refractivity contribution >= 4 is 57.3 Å². The van der Waals surface area contributed by atoms with Crippen LogP contribution in [0, 0.1) is 5.82 Å². The summed E-state index contributed by atoms with van der Waals surface area (Å²) in [6.45, 7) is 8.45. The summed E-state index contributed by atoms with van der Waals surface area (Å²) >= 11 is 0. The summed E-state index contributed by atoms with van der Waals surface area (Å²) < 4.78 is 25.4. The van der Waals surface area contributed by atoms with Gasteiger partial charge in [-0.15, -0.1) is 0 Å². The summed E-state index contributed by atoms with van der Waals surface area (Å²) in [7, 11) is 1.67. The van der Waals surface area contributed by atoms with E-state index in [1.165, 1.54) is 15.9 Å². The lowest BCUT2D eigenvalue weighted by Gasteiger charge is -2.42. The van der Waals surface area contributed by atoms with Crippen molar-refractivity contribution in [3.8, 4) is 22.8 Å². The monoisotopic (exact) mass is 955 g/mol. The second kappa shape index (κ2) is 18.4. The Bertz CT molecular complexity index is 2990. The molecule has 4 aliphatic heterocycles. The molecule has 0 bridgehead atoms. The van der Waals surface area contributed by atoms with Crippen LogP contribution < -0.4 is 16.0 Å². The van der Waals surface area contributed by atoms with Gasteiger partial charge in [-0.05, 0) is 107 Å². The number of rotatable bonds is 11. The molecule has 0 unspecified atom stereocenters. The molecule has 5 amide bonds. The Balaban J connectivity index is 0.644. The predicted molar refractivity (Wildman–Crippen MR) is 256 cm³/mol. The van der Waals surface area contributed by atoms with Crippen LogP contribution in [0.5, 0.6) is 0 Å². The Morgan fingerprint density at radius 2 is 1.49 bits per heavy atom. The number of aromatic nitrogens is 9. The van der Waals surface area contributed by atoms with Crippen molar-refractivity contribution in [1.29, 1.82) is 0 Å². The molecule has 21 heteroatoms. The Hall–Kier alpha value is -6.90. The number of urea groups is 1. The van der Waals surface area contributed by atoms with E-state index in [2.05, 4.69) is 30.4 Å². The van der Waals surface area contributed by atoms with Gasteiger partial charge in [0.25, 0.3) is 0 Å². The second-order valence-electron chi connectivity index (χ2n) is 19.9. The molecule has 11 rings (SSSR count). The molecule has 5 aromatic heterocycles. The third-order valence-electron chi connectivity index (χ3n) is 15.2. The first-order valence-electron chi connectivity index (χ1n) is 24.8. The van der Waals surface area contributed by atoms with E-state index < -0.39 is 6.03 Å². The highest BCUT2D eigenvalue weighted by Crippen LogP contribution is 2.48. The molecular weight excluding hydrogens is 898 g/mol. The number of halogens is 1. The maximum absolute atomic E-state index is 16.2. The van der Waals surface area contributed by atoms with Crippen LogP contribution in [0.3, 0.4) is 0 Å². The van der Waals surface area contributed by atoms with Crippen molar-refractivity contribution in [3.05, 3.63) is 53.6 Å². The van der Waals surface area contributed by atoms with Crippen LogP contribution >= 0.6 is 0 Å². The average molecular weight is 956 g/mol. The number of imide groups is 1. The minimum Gasteiger partial charge on any atom is -0.383 e. The summed E-state index contributed by atoms with van der Waals surface area (Å²) in [6, 6.07) is 3.48. The summed E-state index contributed by atoms with van der Waals surface area (Å²) in [5.74, 6) is 1.77. The Morgan fingerprint density at radius 1 is 0.814 bits per heavy atom. The standard InChI is InChI=1S/C49H58FN15O5/c1-27(2)65-48-39(45(51)54-26-55-48)41(57-65)42-38(44(70-59-42)30-4-5-30)46-52-24-31(25-53-46)28-10-19-62(20-11-28)36(67)8-9-37(68)63-21-14-32(15-22-63)61-17-12-29(13-18-61)33-6-7-34-43(40(33)50)60(3)58-47(34)64-23-16-35(66)56-49(64)69/h6-7,24-30,32H,4-5,8-23H2,1-3H3,(H2,51,54,55)(H,56,66,69). The molecule has 1 aromatic carbocycles. The number of nitrogens with two attached hydrogens (primary N) is 1. The van der Waals surface area contributed by atoms with E-state index in [1.54, 1.807) is 7.05 Å². The second-order valence-corrected chi connectivity index (χ2v) is 19.9. The van der Waals surface area contributed by atoms with Crippen LogP contribution in [-0.2, 0) is 21.4 Å². The van der Waals surface area contributed by atoms with E-state index >= 15 is 4.39 Å². The van der Waals surface area contributed by atoms with E-state index in [4.69, 9.17) is 25.3 Å². The molecule has 0 atom stereocenters. The Labute approximate surface area is 403 Å². The molecule has 5 fully saturated rings. The number of hydrogen-bond donors (Lipinski definition) is 2. The van der Waals surface area contributed by atoms with E-state index in [-0.39, 0.29) is 73.1 Å². The van der Waals surface area contributed by atoms with Gasteiger partial charge in [-0.1, -0.05) is 11.2 Å². The molecule has 3 N–H and O–H groups in total. The highest BCUT2D eigenvalue weighted by molar-refractivity contribution is 6.09. The van der Waals surface area contributed by atoms with Crippen LogP contribution in [0.1, 0.15) is 125 Å². The molecule has 5 aliphatic rings. The van der Waals surface area contributed by atoms with Gasteiger partial charge in [-0.2, -0.15) is 10.2 Å². The summed E-state index contributed by atoms with van der Waals surface area (Å²) in [5, 5.41) is 17.3. The van der Waals surface area contributed by atoms with E-state index in [1.807, 2.05) is 52.9 Å². The maximum Gasteiger partial charge on any atom is 0.329 e. The van der Waals surface area contributed by atoms with E-state index in [9.17, 15) is 19.2 Å². The molecule has 1 saturated carbocycles. The largest absolute Gasteiger partial charge is 0.383 e. The van der Waals surface area contributed by atoms with Gasteiger partial charge in [0.15, 0.2) is 28.9 Å². The summed E-state index contributed by atoms with van der Waals surface area (Å²) in [6.07, 6.45) is 12.6. The normalized spacial score (nSPS) is 19.3. The van der Waals surface area contributed by atoms with Gasteiger partial charge in [-0.3, -0.25) is 29.3 Å². The molecule has 70 heavy (non-hydrogen) atoms. The number of fused-ring (bicyclic) bond motifs is 2. The number of nitrogens with one attached hydrogen (secondary N) is 1. The molecule has 4 saturated heterocycles. The molecule has 20 nitrogen and oxygen atoms in total. The lowest BCUT2D eigenvalue weighted by Crippen LogP contribution is -2.49. The smallest absolute Gasteiger partial charge is 0.329 e. The SMILES string of the molecule is CC(C)n1nc(-c2noc(C3CC3)c2-c2ncc(C3CCN(C(=O)CCC(=O)N4CCC(N5CCC(c6ccc7c(N8CCC(=O)NC8=O)nn(C)c7c6F)CC5)CC4)CC3)cn2)c2c(N)ncnc21. The number of carbonyl (C=O) groups is 4. The van der Waals surface area contributed by atoms with E-state index in [0.29, 0.717) is 94.1 Å². The van der Waals surface area contributed by atoms with Crippen molar-refractivity contribution in [2.75, 3.05) is 56.4 Å². The molecular formula is C49H58FN15O5. The minimum atomic E-state index is -0.550. The van der Waals surface area contributed by atoms with Crippen LogP contribution in [0.25, 0.3) is 44.7 Å². The fraction of sp³-hybridized carbons (Fsp3) is 0.531. The zero-order chi connectivity index (χ0) is 48.4. The molecule has 9 heterocycles. The summed E-state index contributed by atoms with van der Waals surface area (Å²) in [5.41, 5.74) is 10.8. The van der Waals surface area contributed by atoms with Gasteiger partial charge in [0, 0.05) is 94.8 Å². The molecule has 366 valence electrons. The van der Waals surface area contributed by atoms with Crippen molar-refractivity contribution < 1.29 is 28.1 Å². The van der Waals surface area contributed by atoms with Crippen molar-refractivity contribution in [3.63, 3.8) is 0 Å². The summed E-state index contributed by atoms with van der Waals surface area (Å²) in [4.78, 5) is 77.1. The van der Waals surface area contributed by atoms with Gasteiger partial charge in [-0.25, -0.2) is 33.8 Å². The number of piperidine rings is 3. The first kappa shape index (κ1) is 45.5. The fourth-order valence-corrected chi connectivity index (χ4v) is 11.2. The molecule has 0 spiro atoms. The Morgan fingerprint density at radius 3 is 2.14 bits per heavy atom. The van der Waals surface area contributed by atoms with Gasteiger partial charge in [0.1, 0.15) is 29.0 Å². The number of nitrogens with zero attached hydrogens (tertiary/aromatic N) is 13. The van der Waals surface area contributed by atoms with Gasteiger partial charge >= 0.3 is 6.03 Å². The number of amides is 5. The van der Waals surface area contributed by atoms with Crippen molar-refractivity contribution in [1.82, 2.24) is 64.7 Å². The lowest BCUT2D eigenvalue weighted by molar-refractivity contribution is -0.138. The van der Waals surface area contributed by atoms with Crippen molar-refractivity contribution in [2.45, 2.75) is 114 Å². The number of likely N-dealkylation sites (tertiary alicyclic amines) is 3. The highest BCUT2D eigenvalue weighted by atomic mass is 19.1. The first-order chi connectivity index (χ1) is 33.9. The van der Waals surface area contributed by atoms with Crippen LogP contribution in [0.4, 0.5) is 20.8 Å². The zero-order valence-electron chi connectivity index (χ0n) is 39.8. The molecule has 1 aliphatic carbocycles. The molecule has 6 aromatic rings. The Kier molecular flexibility index (Phi) is 12.0. The molecule has 0 radical (unpaired) electrons. The van der Waals surface area contributed by atoms with Crippen LogP contribution in [0.15, 0.2) is 35.4 Å². The van der Waals surface area contributed by atoms with Gasteiger partial charge in [0.2, 0.25) is 17.7 Å². The van der Waals surface area contributed by atoms with Gasteiger partial charge in [0.05, 0.1) is 10.9 Å². The van der Waals surface area contributed by atoms with Crippen molar-refractivity contribution in [2.24, 2.45) is 7.05 Å². The van der Waals surface area contributed by atoms with Crippen LogP contribution in [-0.4, -0.2) is 135 Å². The number of benzene rings is 1. The highest BCUT2D eigenvalue weighted by Gasteiger charge is 2.37. The quantitative estimate of drug-likeness (QED) is 0.156. The third-order valence-corrected chi connectivity index (χ3v) is 15.2. The minimum absolute atomic E-state index is 0.00808.